The first-order valence-electron chi connectivity index (χ1n) is 6.29. The quantitative estimate of drug-likeness (QED) is 0.902. The average molecular weight is 263 g/mol. The molecule has 1 heterocycles. The zero-order valence-electron chi connectivity index (χ0n) is 11.1. The molecule has 102 valence electrons. The van der Waals surface area contributed by atoms with Crippen LogP contribution in [0.5, 0.6) is 5.75 Å². The van der Waals surface area contributed by atoms with E-state index in [2.05, 4.69) is 4.98 Å². The molecule has 19 heavy (non-hydrogen) atoms. The SMILES string of the molecule is CCn1ccnc1COc1ccc(F)cc1[C@H](C)N. The van der Waals surface area contributed by atoms with E-state index in [0.717, 1.165) is 12.4 Å². The van der Waals surface area contributed by atoms with Crippen molar-refractivity contribution in [3.8, 4) is 5.75 Å². The summed E-state index contributed by atoms with van der Waals surface area (Å²) in [5.41, 5.74) is 6.48. The Hall–Kier alpha value is -1.88. The second-order valence-electron chi connectivity index (χ2n) is 4.39. The maximum absolute atomic E-state index is 13.2. The fourth-order valence-corrected chi connectivity index (χ4v) is 1.92. The van der Waals surface area contributed by atoms with E-state index in [-0.39, 0.29) is 11.9 Å². The summed E-state index contributed by atoms with van der Waals surface area (Å²) in [6.07, 6.45) is 3.63. The van der Waals surface area contributed by atoms with Crippen LogP contribution in [0.2, 0.25) is 0 Å². The predicted molar refractivity (Wildman–Crippen MR) is 71.2 cm³/mol. The lowest BCUT2D eigenvalue weighted by Crippen LogP contribution is -2.10. The zero-order valence-corrected chi connectivity index (χ0v) is 11.1. The van der Waals surface area contributed by atoms with Gasteiger partial charge in [-0.3, -0.25) is 0 Å². The first kappa shape index (κ1) is 13.5. The lowest BCUT2D eigenvalue weighted by molar-refractivity contribution is 0.285. The Morgan fingerprint density at radius 1 is 1.47 bits per heavy atom. The number of nitrogens with zero attached hydrogens (tertiary/aromatic N) is 2. The van der Waals surface area contributed by atoms with Gasteiger partial charge in [-0.05, 0) is 32.0 Å². The van der Waals surface area contributed by atoms with Gasteiger partial charge in [0.15, 0.2) is 0 Å². The van der Waals surface area contributed by atoms with E-state index in [4.69, 9.17) is 10.5 Å². The molecule has 0 fully saturated rings. The van der Waals surface area contributed by atoms with Crippen LogP contribution in [-0.2, 0) is 13.2 Å². The molecule has 2 rings (SSSR count). The van der Waals surface area contributed by atoms with Gasteiger partial charge in [-0.25, -0.2) is 9.37 Å². The summed E-state index contributed by atoms with van der Waals surface area (Å²) in [5, 5.41) is 0. The van der Waals surface area contributed by atoms with Crippen LogP contribution in [0.25, 0.3) is 0 Å². The molecule has 5 heteroatoms. The van der Waals surface area contributed by atoms with Gasteiger partial charge in [-0.2, -0.15) is 0 Å². The first-order chi connectivity index (χ1) is 9.11. The molecule has 0 unspecified atom stereocenters. The van der Waals surface area contributed by atoms with Crippen LogP contribution >= 0.6 is 0 Å². The highest BCUT2D eigenvalue weighted by molar-refractivity contribution is 5.36. The van der Waals surface area contributed by atoms with Crippen molar-refractivity contribution in [2.75, 3.05) is 0 Å². The molecule has 4 nitrogen and oxygen atoms in total. The van der Waals surface area contributed by atoms with Crippen molar-refractivity contribution in [2.24, 2.45) is 5.73 Å². The number of nitrogens with two attached hydrogens (primary N) is 1. The standard InChI is InChI=1S/C14H18FN3O/c1-3-18-7-6-17-14(18)9-19-13-5-4-11(15)8-12(13)10(2)16/h4-8,10H,3,9,16H2,1-2H3/t10-/m0/s1. The maximum Gasteiger partial charge on any atom is 0.146 e. The van der Waals surface area contributed by atoms with Gasteiger partial charge in [-0.1, -0.05) is 0 Å². The topological polar surface area (TPSA) is 53.1 Å². The summed E-state index contributed by atoms with van der Waals surface area (Å²) in [4.78, 5) is 4.23. The second kappa shape index (κ2) is 5.84. The van der Waals surface area contributed by atoms with Gasteiger partial charge in [0.25, 0.3) is 0 Å². The average Bonchev–Trinajstić information content (AvgIpc) is 2.84. The Bertz CT molecular complexity index is 551. The molecule has 0 amide bonds. The molecule has 1 aromatic heterocycles. The van der Waals surface area contributed by atoms with E-state index >= 15 is 0 Å². The summed E-state index contributed by atoms with van der Waals surface area (Å²) >= 11 is 0. The largest absolute Gasteiger partial charge is 0.485 e. The molecule has 0 saturated carbocycles. The minimum absolute atomic E-state index is 0.281. The Kier molecular flexibility index (Phi) is 4.16. The number of rotatable bonds is 5. The van der Waals surface area contributed by atoms with Gasteiger partial charge in [-0.15, -0.1) is 0 Å². The molecule has 0 bridgehead atoms. The number of hydrogen-bond acceptors (Lipinski definition) is 3. The highest BCUT2D eigenvalue weighted by atomic mass is 19.1. The third kappa shape index (κ3) is 3.12. The lowest BCUT2D eigenvalue weighted by atomic mass is 10.1. The summed E-state index contributed by atoms with van der Waals surface area (Å²) in [5.74, 6) is 1.12. The molecule has 2 aromatic rings. The Morgan fingerprint density at radius 2 is 2.26 bits per heavy atom. The van der Waals surface area contributed by atoms with Gasteiger partial charge in [0.05, 0.1) is 0 Å². The molecule has 0 aliphatic heterocycles. The molecule has 0 aliphatic carbocycles. The van der Waals surface area contributed by atoms with Crippen molar-refractivity contribution in [1.82, 2.24) is 9.55 Å². The van der Waals surface area contributed by atoms with Crippen molar-refractivity contribution in [1.29, 1.82) is 0 Å². The van der Waals surface area contributed by atoms with Crippen molar-refractivity contribution in [3.05, 3.63) is 47.8 Å². The summed E-state index contributed by atoms with van der Waals surface area (Å²) < 4.78 is 20.9. The Balaban J connectivity index is 2.15. The third-order valence-electron chi connectivity index (χ3n) is 2.96. The molecule has 0 aliphatic rings. The van der Waals surface area contributed by atoms with Gasteiger partial charge in [0, 0.05) is 30.5 Å². The van der Waals surface area contributed by atoms with Crippen molar-refractivity contribution in [3.63, 3.8) is 0 Å². The number of imidazole rings is 1. The first-order valence-corrected chi connectivity index (χ1v) is 6.29. The third-order valence-corrected chi connectivity index (χ3v) is 2.96. The molecule has 0 radical (unpaired) electrons. The monoisotopic (exact) mass is 263 g/mol. The number of benzene rings is 1. The minimum atomic E-state index is -0.310. The number of aromatic nitrogens is 2. The molecular weight excluding hydrogens is 245 g/mol. The maximum atomic E-state index is 13.2. The predicted octanol–water partition coefficient (Wildman–Crippen LogP) is 2.64. The van der Waals surface area contributed by atoms with E-state index in [0.29, 0.717) is 17.9 Å². The van der Waals surface area contributed by atoms with Crippen LogP contribution in [0.1, 0.15) is 31.3 Å². The van der Waals surface area contributed by atoms with E-state index in [1.54, 1.807) is 19.2 Å². The van der Waals surface area contributed by atoms with E-state index in [1.807, 2.05) is 17.7 Å². The number of hydrogen-bond donors (Lipinski definition) is 1. The second-order valence-corrected chi connectivity index (χ2v) is 4.39. The van der Waals surface area contributed by atoms with Crippen molar-refractivity contribution in [2.45, 2.75) is 33.0 Å². The molecule has 2 N–H and O–H groups in total. The minimum Gasteiger partial charge on any atom is -0.485 e. The highest BCUT2D eigenvalue weighted by Crippen LogP contribution is 2.25. The summed E-state index contributed by atoms with van der Waals surface area (Å²) in [6, 6.07) is 4.10. The summed E-state index contributed by atoms with van der Waals surface area (Å²) in [7, 11) is 0. The summed E-state index contributed by atoms with van der Waals surface area (Å²) in [6.45, 7) is 5.01. The van der Waals surface area contributed by atoms with E-state index < -0.39 is 0 Å². The van der Waals surface area contributed by atoms with Gasteiger partial charge in [0.1, 0.15) is 24.0 Å². The van der Waals surface area contributed by atoms with Gasteiger partial charge >= 0.3 is 0 Å². The number of halogens is 1. The van der Waals surface area contributed by atoms with Crippen LogP contribution in [0, 0.1) is 5.82 Å². The van der Waals surface area contributed by atoms with Crippen molar-refractivity contribution >= 4 is 0 Å². The molecular formula is C14H18FN3O. The van der Waals surface area contributed by atoms with E-state index in [1.165, 1.54) is 12.1 Å². The van der Waals surface area contributed by atoms with Crippen LogP contribution in [0.4, 0.5) is 4.39 Å². The van der Waals surface area contributed by atoms with Crippen LogP contribution < -0.4 is 10.5 Å². The van der Waals surface area contributed by atoms with Crippen LogP contribution in [0.3, 0.4) is 0 Å². The zero-order chi connectivity index (χ0) is 13.8. The number of aryl methyl sites for hydroxylation is 1. The molecule has 1 atom stereocenters. The van der Waals surface area contributed by atoms with Gasteiger partial charge < -0.3 is 15.0 Å². The van der Waals surface area contributed by atoms with Crippen LogP contribution in [-0.4, -0.2) is 9.55 Å². The smallest absolute Gasteiger partial charge is 0.146 e. The molecule has 1 aromatic carbocycles. The Labute approximate surface area is 112 Å². The normalized spacial score (nSPS) is 12.4. The number of ether oxygens (including phenoxy) is 1. The van der Waals surface area contributed by atoms with E-state index in [9.17, 15) is 4.39 Å². The fraction of sp³-hybridized carbons (Fsp3) is 0.357. The molecule has 0 spiro atoms. The van der Waals surface area contributed by atoms with Gasteiger partial charge in [0.2, 0.25) is 0 Å². The lowest BCUT2D eigenvalue weighted by Gasteiger charge is -2.14. The Morgan fingerprint density at radius 3 is 2.95 bits per heavy atom. The fourth-order valence-electron chi connectivity index (χ4n) is 1.92. The van der Waals surface area contributed by atoms with Crippen molar-refractivity contribution < 1.29 is 9.13 Å². The highest BCUT2D eigenvalue weighted by Gasteiger charge is 2.11. The molecule has 0 saturated heterocycles. The van der Waals surface area contributed by atoms with Crippen LogP contribution in [0.15, 0.2) is 30.6 Å².